The zero-order chi connectivity index (χ0) is 16.7. The maximum absolute atomic E-state index is 14.1. The summed E-state index contributed by atoms with van der Waals surface area (Å²) in [6.07, 6.45) is 3.81. The smallest absolute Gasteiger partial charge is 0.211 e. The minimum atomic E-state index is -4.01. The molecule has 3 heterocycles. The highest BCUT2D eigenvalue weighted by molar-refractivity contribution is 7.91. The second-order valence-corrected chi connectivity index (χ2v) is 7.60. The molecule has 124 valence electrons. The number of halogens is 1. The summed E-state index contributed by atoms with van der Waals surface area (Å²) < 4.78 is 41.8. The molecule has 24 heavy (non-hydrogen) atoms. The molecule has 1 atom stereocenters. The van der Waals surface area contributed by atoms with Crippen molar-refractivity contribution in [1.29, 1.82) is 0 Å². The van der Waals surface area contributed by atoms with Crippen LogP contribution in [0.15, 0.2) is 52.5 Å². The van der Waals surface area contributed by atoms with E-state index in [0.29, 0.717) is 17.6 Å². The van der Waals surface area contributed by atoms with Crippen molar-refractivity contribution in [3.63, 3.8) is 0 Å². The van der Waals surface area contributed by atoms with Gasteiger partial charge in [0.1, 0.15) is 26.6 Å². The van der Waals surface area contributed by atoms with Crippen LogP contribution < -0.4 is 5.32 Å². The Kier molecular flexibility index (Phi) is 3.58. The minimum Gasteiger partial charge on any atom is -0.315 e. The van der Waals surface area contributed by atoms with Crippen molar-refractivity contribution in [2.75, 3.05) is 13.1 Å². The molecule has 0 saturated carbocycles. The number of rotatable bonds is 3. The molecule has 1 fully saturated rings. The van der Waals surface area contributed by atoms with Gasteiger partial charge in [0.05, 0.1) is 12.2 Å². The largest absolute Gasteiger partial charge is 0.315 e. The number of fused-ring (bicyclic) bond motifs is 1. The van der Waals surface area contributed by atoms with Crippen molar-refractivity contribution in [2.45, 2.75) is 22.3 Å². The van der Waals surface area contributed by atoms with Gasteiger partial charge in [-0.25, -0.2) is 12.8 Å². The molecule has 2 aromatic heterocycles. The van der Waals surface area contributed by atoms with Crippen LogP contribution in [0.3, 0.4) is 0 Å². The van der Waals surface area contributed by atoms with Crippen LogP contribution in [-0.4, -0.2) is 36.3 Å². The standard InChI is InChI=1S/C16H15FN4O2S/c17-12-3-1-2-4-14(12)24(22,23)15-6-8-19-13-10-20-21(16(13)15)11-5-7-18-9-11/h1-4,6,8,10-11,18H,5,7,9H2. The van der Waals surface area contributed by atoms with Crippen molar-refractivity contribution < 1.29 is 12.8 Å². The van der Waals surface area contributed by atoms with E-state index >= 15 is 0 Å². The fraction of sp³-hybridized carbons (Fsp3) is 0.250. The molecule has 0 aliphatic carbocycles. The Balaban J connectivity index is 1.97. The topological polar surface area (TPSA) is 76.9 Å². The summed E-state index contributed by atoms with van der Waals surface area (Å²) in [5, 5.41) is 7.56. The van der Waals surface area contributed by atoms with Crippen LogP contribution in [0.5, 0.6) is 0 Å². The highest BCUT2D eigenvalue weighted by Crippen LogP contribution is 2.31. The molecule has 1 saturated heterocycles. The van der Waals surface area contributed by atoms with Crippen LogP contribution in [0.1, 0.15) is 12.5 Å². The van der Waals surface area contributed by atoms with E-state index in [9.17, 15) is 12.8 Å². The summed E-state index contributed by atoms with van der Waals surface area (Å²) in [6, 6.07) is 6.85. The minimum absolute atomic E-state index is 0.0296. The Bertz CT molecular complexity index is 1010. The summed E-state index contributed by atoms with van der Waals surface area (Å²) in [6.45, 7) is 1.56. The van der Waals surface area contributed by atoms with Gasteiger partial charge in [-0.1, -0.05) is 12.1 Å². The number of aromatic nitrogens is 3. The molecule has 0 spiro atoms. The highest BCUT2D eigenvalue weighted by Gasteiger charge is 2.28. The number of benzene rings is 1. The molecule has 1 aliphatic rings. The van der Waals surface area contributed by atoms with Crippen LogP contribution in [0, 0.1) is 5.82 Å². The Morgan fingerprint density at radius 1 is 1.21 bits per heavy atom. The second-order valence-electron chi connectivity index (χ2n) is 5.71. The van der Waals surface area contributed by atoms with E-state index in [0.717, 1.165) is 19.0 Å². The van der Waals surface area contributed by atoms with Gasteiger partial charge >= 0.3 is 0 Å². The van der Waals surface area contributed by atoms with Crippen LogP contribution in [0.25, 0.3) is 11.0 Å². The third-order valence-corrected chi connectivity index (χ3v) is 6.06. The van der Waals surface area contributed by atoms with Crippen LogP contribution >= 0.6 is 0 Å². The maximum atomic E-state index is 14.1. The van der Waals surface area contributed by atoms with Crippen molar-refractivity contribution in [3.05, 3.63) is 48.5 Å². The van der Waals surface area contributed by atoms with Gasteiger partial charge in [-0.3, -0.25) is 9.67 Å². The molecule has 8 heteroatoms. The van der Waals surface area contributed by atoms with E-state index in [4.69, 9.17) is 0 Å². The van der Waals surface area contributed by atoms with E-state index in [2.05, 4.69) is 15.4 Å². The first-order valence-electron chi connectivity index (χ1n) is 7.61. The van der Waals surface area contributed by atoms with Gasteiger partial charge in [0.15, 0.2) is 0 Å². The summed E-state index contributed by atoms with van der Waals surface area (Å²) in [7, 11) is -4.01. The van der Waals surface area contributed by atoms with Crippen LogP contribution in [0.4, 0.5) is 4.39 Å². The number of nitrogens with zero attached hydrogens (tertiary/aromatic N) is 3. The lowest BCUT2D eigenvalue weighted by Crippen LogP contribution is -2.16. The Hall–Kier alpha value is -2.32. The van der Waals surface area contributed by atoms with Gasteiger partial charge in [0, 0.05) is 12.7 Å². The third kappa shape index (κ3) is 2.30. The molecule has 0 bridgehead atoms. The highest BCUT2D eigenvalue weighted by atomic mass is 32.2. The van der Waals surface area contributed by atoms with Crippen LogP contribution in [-0.2, 0) is 9.84 Å². The molecular weight excluding hydrogens is 331 g/mol. The maximum Gasteiger partial charge on any atom is 0.211 e. The molecule has 6 nitrogen and oxygen atoms in total. The SMILES string of the molecule is O=S(=O)(c1ccccc1F)c1ccnc2cnn(C3CCNC3)c12. The zero-order valence-electron chi connectivity index (χ0n) is 12.7. The first kappa shape index (κ1) is 15.2. The van der Waals surface area contributed by atoms with Crippen molar-refractivity contribution in [2.24, 2.45) is 0 Å². The average molecular weight is 346 g/mol. The number of nitrogens with one attached hydrogen (secondary N) is 1. The van der Waals surface area contributed by atoms with E-state index < -0.39 is 15.7 Å². The number of pyridine rings is 1. The van der Waals surface area contributed by atoms with Gasteiger partial charge in [0.25, 0.3) is 0 Å². The van der Waals surface area contributed by atoms with Crippen molar-refractivity contribution in [1.82, 2.24) is 20.1 Å². The second kappa shape index (κ2) is 5.64. The summed E-state index contributed by atoms with van der Waals surface area (Å²) in [5.41, 5.74) is 0.911. The lowest BCUT2D eigenvalue weighted by molar-refractivity contribution is 0.503. The fourth-order valence-corrected chi connectivity index (χ4v) is 4.59. The molecule has 3 aromatic rings. The molecule has 4 rings (SSSR count). The molecular formula is C16H15FN4O2S. The molecule has 1 aliphatic heterocycles. The fourth-order valence-electron chi connectivity index (χ4n) is 3.07. The van der Waals surface area contributed by atoms with Crippen LogP contribution in [0.2, 0.25) is 0 Å². The normalized spacial score (nSPS) is 18.3. The Labute approximate surface area is 138 Å². The average Bonchev–Trinajstić information content (AvgIpc) is 3.23. The molecule has 0 radical (unpaired) electrons. The van der Waals surface area contributed by atoms with Gasteiger partial charge in [-0.05, 0) is 31.2 Å². The van der Waals surface area contributed by atoms with E-state index in [1.165, 1.54) is 30.5 Å². The van der Waals surface area contributed by atoms with Crippen molar-refractivity contribution >= 4 is 20.9 Å². The number of hydrogen-bond donors (Lipinski definition) is 1. The van der Waals surface area contributed by atoms with Gasteiger partial charge in [-0.15, -0.1) is 0 Å². The Morgan fingerprint density at radius 2 is 2.04 bits per heavy atom. The van der Waals surface area contributed by atoms with Gasteiger partial charge < -0.3 is 5.32 Å². The first-order chi connectivity index (χ1) is 11.6. The Morgan fingerprint density at radius 3 is 2.79 bits per heavy atom. The zero-order valence-corrected chi connectivity index (χ0v) is 13.5. The van der Waals surface area contributed by atoms with E-state index in [1.54, 1.807) is 10.9 Å². The molecule has 0 amide bonds. The number of sulfone groups is 1. The predicted octanol–water partition coefficient (Wildman–Crippen LogP) is 1.94. The van der Waals surface area contributed by atoms with E-state index in [1.807, 2.05) is 0 Å². The summed E-state index contributed by atoms with van der Waals surface area (Å²) in [4.78, 5) is 3.89. The van der Waals surface area contributed by atoms with Crippen molar-refractivity contribution in [3.8, 4) is 0 Å². The molecule has 1 N–H and O–H groups in total. The first-order valence-corrected chi connectivity index (χ1v) is 9.10. The molecule has 1 unspecified atom stereocenters. The van der Waals surface area contributed by atoms with E-state index in [-0.39, 0.29) is 15.8 Å². The van der Waals surface area contributed by atoms with Gasteiger partial charge in [0.2, 0.25) is 9.84 Å². The van der Waals surface area contributed by atoms with Gasteiger partial charge in [-0.2, -0.15) is 5.10 Å². The lowest BCUT2D eigenvalue weighted by atomic mass is 10.2. The quantitative estimate of drug-likeness (QED) is 0.784. The summed E-state index contributed by atoms with van der Waals surface area (Å²) in [5.74, 6) is -0.768. The third-order valence-electron chi connectivity index (χ3n) is 4.24. The molecule has 1 aromatic carbocycles. The monoisotopic (exact) mass is 346 g/mol. The predicted molar refractivity (Wildman–Crippen MR) is 85.9 cm³/mol. The number of hydrogen-bond acceptors (Lipinski definition) is 5. The summed E-state index contributed by atoms with van der Waals surface area (Å²) >= 11 is 0. The lowest BCUT2D eigenvalue weighted by Gasteiger charge is -2.13.